The summed E-state index contributed by atoms with van der Waals surface area (Å²) in [6.45, 7) is 1.90. The Hall–Kier alpha value is -3.05. The molecule has 0 aliphatic carbocycles. The lowest BCUT2D eigenvalue weighted by molar-refractivity contribution is -0.111. The third-order valence-corrected chi connectivity index (χ3v) is 4.60. The molecular weight excluding hydrogens is 364 g/mol. The summed E-state index contributed by atoms with van der Waals surface area (Å²) in [5, 5.41) is 4.37. The van der Waals surface area contributed by atoms with E-state index in [2.05, 4.69) is 10.3 Å². The number of rotatable bonds is 5. The molecule has 0 bridgehead atoms. The van der Waals surface area contributed by atoms with Crippen LogP contribution in [0.4, 0.5) is 5.69 Å². The number of nitrogens with one attached hydrogen (secondary N) is 1. The summed E-state index contributed by atoms with van der Waals surface area (Å²) in [5.41, 5.74) is 3.15. The van der Waals surface area contributed by atoms with Crippen molar-refractivity contribution in [3.8, 4) is 11.5 Å². The lowest BCUT2D eigenvalue weighted by atomic mass is 10.1. The van der Waals surface area contributed by atoms with E-state index in [1.807, 2.05) is 19.1 Å². The van der Waals surface area contributed by atoms with Crippen LogP contribution in [0.1, 0.15) is 11.1 Å². The molecule has 0 saturated carbocycles. The molecule has 27 heavy (non-hydrogen) atoms. The number of anilines is 1. The van der Waals surface area contributed by atoms with Gasteiger partial charge in [-0.3, -0.25) is 9.78 Å². The summed E-state index contributed by atoms with van der Waals surface area (Å²) in [7, 11) is 3.15. The largest absolute Gasteiger partial charge is 0.493 e. The lowest BCUT2D eigenvalue weighted by Gasteiger charge is -2.09. The first-order chi connectivity index (χ1) is 13.0. The number of nitrogens with zero attached hydrogens (tertiary/aromatic N) is 1. The Morgan fingerprint density at radius 3 is 2.63 bits per heavy atom. The first-order valence-corrected chi connectivity index (χ1v) is 8.66. The normalized spacial score (nSPS) is 11.0. The summed E-state index contributed by atoms with van der Waals surface area (Å²) in [4.78, 5) is 16.7. The predicted octanol–water partition coefficient (Wildman–Crippen LogP) is 4.87. The van der Waals surface area contributed by atoms with E-state index in [0.717, 1.165) is 22.0 Å². The Kier molecular flexibility index (Phi) is 5.62. The highest BCUT2D eigenvalue weighted by atomic mass is 35.5. The number of aromatic nitrogens is 1. The third-order valence-electron chi connectivity index (χ3n) is 4.19. The number of hydrogen-bond donors (Lipinski definition) is 1. The molecule has 0 spiro atoms. The van der Waals surface area contributed by atoms with E-state index in [1.165, 1.54) is 6.08 Å². The Balaban J connectivity index is 1.81. The number of aryl methyl sites for hydroxylation is 1. The zero-order valence-electron chi connectivity index (χ0n) is 15.2. The minimum Gasteiger partial charge on any atom is -0.493 e. The van der Waals surface area contributed by atoms with E-state index in [1.54, 1.807) is 50.8 Å². The second-order valence-electron chi connectivity index (χ2n) is 5.86. The molecule has 0 radical (unpaired) electrons. The number of benzene rings is 2. The van der Waals surface area contributed by atoms with Gasteiger partial charge in [0, 0.05) is 22.7 Å². The van der Waals surface area contributed by atoms with Crippen molar-refractivity contribution in [2.75, 3.05) is 19.5 Å². The van der Waals surface area contributed by atoms with Crippen molar-refractivity contribution < 1.29 is 14.3 Å². The number of amides is 1. The van der Waals surface area contributed by atoms with Gasteiger partial charge in [-0.05, 0) is 54.5 Å². The molecule has 3 aromatic rings. The summed E-state index contributed by atoms with van der Waals surface area (Å²) >= 11 is 6.15. The fourth-order valence-corrected chi connectivity index (χ4v) is 2.90. The van der Waals surface area contributed by atoms with Gasteiger partial charge in [-0.2, -0.15) is 0 Å². The molecule has 3 rings (SSSR count). The van der Waals surface area contributed by atoms with E-state index in [-0.39, 0.29) is 5.91 Å². The van der Waals surface area contributed by atoms with Crippen molar-refractivity contribution in [3.63, 3.8) is 0 Å². The summed E-state index contributed by atoms with van der Waals surface area (Å²) in [6.07, 6.45) is 4.83. The Labute approximate surface area is 162 Å². The molecular formula is C21H19ClN2O3. The van der Waals surface area contributed by atoms with Gasteiger partial charge < -0.3 is 14.8 Å². The van der Waals surface area contributed by atoms with Crippen molar-refractivity contribution in [2.45, 2.75) is 6.92 Å². The molecule has 6 heteroatoms. The topological polar surface area (TPSA) is 60.5 Å². The second-order valence-corrected chi connectivity index (χ2v) is 6.27. The average molecular weight is 383 g/mol. The van der Waals surface area contributed by atoms with Crippen LogP contribution >= 0.6 is 11.6 Å². The number of fused-ring (bicyclic) bond motifs is 1. The predicted molar refractivity (Wildman–Crippen MR) is 109 cm³/mol. The second kappa shape index (κ2) is 8.10. The molecule has 1 amide bonds. The standard InChI is InChI=1S/C21H19ClN2O3/c1-13-16(22)7-6-15-17(10-11-23-21(13)15)24-20(25)9-5-14-4-8-18(26-2)19(12-14)27-3/h4-12H,1-3H3,(H,23,24,25)/b9-5+. The molecule has 0 saturated heterocycles. The van der Waals surface area contributed by atoms with Gasteiger partial charge in [0.1, 0.15) is 0 Å². The van der Waals surface area contributed by atoms with Crippen LogP contribution in [0.2, 0.25) is 5.02 Å². The lowest BCUT2D eigenvalue weighted by Crippen LogP contribution is -2.08. The Bertz CT molecular complexity index is 1030. The molecule has 1 aromatic heterocycles. The van der Waals surface area contributed by atoms with Crippen LogP contribution in [0.5, 0.6) is 11.5 Å². The van der Waals surface area contributed by atoms with Crippen LogP contribution in [0.3, 0.4) is 0 Å². The van der Waals surface area contributed by atoms with Gasteiger partial charge in [-0.1, -0.05) is 17.7 Å². The average Bonchev–Trinajstić information content (AvgIpc) is 2.69. The van der Waals surface area contributed by atoms with Gasteiger partial charge >= 0.3 is 0 Å². The zero-order valence-corrected chi connectivity index (χ0v) is 16.0. The molecule has 138 valence electrons. The van der Waals surface area contributed by atoms with Crippen LogP contribution in [0.15, 0.2) is 48.7 Å². The molecule has 1 heterocycles. The number of halogens is 1. The van der Waals surface area contributed by atoms with Crippen molar-refractivity contribution in [1.29, 1.82) is 0 Å². The summed E-state index contributed by atoms with van der Waals surface area (Å²) in [6, 6.07) is 10.9. The van der Waals surface area contributed by atoms with Gasteiger partial charge in [0.25, 0.3) is 0 Å². The van der Waals surface area contributed by atoms with Crippen molar-refractivity contribution >= 4 is 40.2 Å². The van der Waals surface area contributed by atoms with Gasteiger partial charge in [-0.25, -0.2) is 0 Å². The van der Waals surface area contributed by atoms with Gasteiger partial charge in [0.05, 0.1) is 25.4 Å². The minimum atomic E-state index is -0.245. The minimum absolute atomic E-state index is 0.245. The monoisotopic (exact) mass is 382 g/mol. The number of carbonyl (C=O) groups excluding carboxylic acids is 1. The van der Waals surface area contributed by atoms with Crippen molar-refractivity contribution in [3.05, 3.63) is 64.8 Å². The molecule has 1 N–H and O–H groups in total. The number of ether oxygens (including phenoxy) is 2. The maximum absolute atomic E-state index is 12.4. The van der Waals surface area contributed by atoms with Crippen LogP contribution in [-0.2, 0) is 4.79 Å². The van der Waals surface area contributed by atoms with Crippen LogP contribution in [0, 0.1) is 6.92 Å². The highest BCUT2D eigenvalue weighted by Gasteiger charge is 2.09. The van der Waals surface area contributed by atoms with Crippen LogP contribution in [0.25, 0.3) is 17.0 Å². The summed E-state index contributed by atoms with van der Waals surface area (Å²) in [5.74, 6) is 0.994. The highest BCUT2D eigenvalue weighted by molar-refractivity contribution is 6.32. The first kappa shape index (κ1) is 18.7. The SMILES string of the molecule is COc1ccc(/C=C/C(=O)Nc2ccnc3c(C)c(Cl)ccc23)cc1OC. The molecule has 0 aliphatic heterocycles. The Morgan fingerprint density at radius 1 is 1.11 bits per heavy atom. The van der Waals surface area contributed by atoms with Crippen LogP contribution < -0.4 is 14.8 Å². The van der Waals surface area contributed by atoms with E-state index < -0.39 is 0 Å². The number of methoxy groups -OCH3 is 2. The molecule has 2 aromatic carbocycles. The summed E-state index contributed by atoms with van der Waals surface area (Å²) < 4.78 is 10.5. The Morgan fingerprint density at radius 2 is 1.89 bits per heavy atom. The fourth-order valence-electron chi connectivity index (χ4n) is 2.75. The highest BCUT2D eigenvalue weighted by Crippen LogP contribution is 2.29. The first-order valence-electron chi connectivity index (χ1n) is 8.28. The number of pyridine rings is 1. The molecule has 0 unspecified atom stereocenters. The van der Waals surface area contributed by atoms with Gasteiger partial charge in [0.2, 0.25) is 5.91 Å². The maximum Gasteiger partial charge on any atom is 0.248 e. The maximum atomic E-state index is 12.4. The quantitative estimate of drug-likeness (QED) is 0.640. The van der Waals surface area contributed by atoms with E-state index in [9.17, 15) is 4.79 Å². The smallest absolute Gasteiger partial charge is 0.248 e. The molecule has 0 atom stereocenters. The molecule has 0 fully saturated rings. The van der Waals surface area contributed by atoms with E-state index in [0.29, 0.717) is 22.2 Å². The number of carbonyl (C=O) groups is 1. The number of hydrogen-bond acceptors (Lipinski definition) is 4. The van der Waals surface area contributed by atoms with Crippen LogP contribution in [-0.4, -0.2) is 25.1 Å². The van der Waals surface area contributed by atoms with Crippen molar-refractivity contribution in [2.24, 2.45) is 0 Å². The molecule has 0 aliphatic rings. The third kappa shape index (κ3) is 4.04. The van der Waals surface area contributed by atoms with Gasteiger partial charge in [0.15, 0.2) is 11.5 Å². The van der Waals surface area contributed by atoms with E-state index in [4.69, 9.17) is 21.1 Å². The van der Waals surface area contributed by atoms with Crippen molar-refractivity contribution in [1.82, 2.24) is 4.98 Å². The van der Waals surface area contributed by atoms with E-state index >= 15 is 0 Å². The van der Waals surface area contributed by atoms with Gasteiger partial charge in [-0.15, -0.1) is 0 Å². The fraction of sp³-hybridized carbons (Fsp3) is 0.143. The molecule has 5 nitrogen and oxygen atoms in total. The zero-order chi connectivity index (χ0) is 19.4.